The molecule has 8 heteroatoms. The van der Waals surface area contributed by atoms with Gasteiger partial charge in [-0.1, -0.05) is 38.1 Å². The third-order valence-electron chi connectivity index (χ3n) is 6.11. The van der Waals surface area contributed by atoms with Gasteiger partial charge < -0.3 is 25.0 Å². The summed E-state index contributed by atoms with van der Waals surface area (Å²) in [5, 5.41) is 5.82. The van der Waals surface area contributed by atoms with Crippen LogP contribution in [0.1, 0.15) is 37.0 Å². The van der Waals surface area contributed by atoms with E-state index in [2.05, 4.69) is 10.6 Å². The first-order chi connectivity index (χ1) is 16.3. The molecule has 1 saturated heterocycles. The van der Waals surface area contributed by atoms with E-state index in [4.69, 9.17) is 9.47 Å². The van der Waals surface area contributed by atoms with Crippen molar-refractivity contribution < 1.29 is 23.9 Å². The molecule has 3 amide bonds. The number of methoxy groups -OCH3 is 2. The van der Waals surface area contributed by atoms with Gasteiger partial charge in [-0.15, -0.1) is 0 Å². The van der Waals surface area contributed by atoms with E-state index in [9.17, 15) is 14.4 Å². The highest BCUT2D eigenvalue weighted by Crippen LogP contribution is 2.26. The number of carbonyl (C=O) groups excluding carboxylic acids is 3. The molecule has 2 aromatic rings. The Balaban J connectivity index is 1.60. The van der Waals surface area contributed by atoms with Crippen LogP contribution in [0.25, 0.3) is 0 Å². The molecule has 2 aromatic carbocycles. The SMILES string of the molecule is COc1ccccc1NC(=O)C1CCN(C(=O)C(NC(=O)c2ccccc2OC)C(C)C)CC1. The number of rotatable bonds is 8. The van der Waals surface area contributed by atoms with Crippen molar-refractivity contribution in [2.45, 2.75) is 32.7 Å². The topological polar surface area (TPSA) is 97.0 Å². The molecule has 3 rings (SSSR count). The number of carbonyl (C=O) groups is 3. The van der Waals surface area contributed by atoms with Crippen molar-refractivity contribution >= 4 is 23.4 Å². The van der Waals surface area contributed by atoms with E-state index in [1.807, 2.05) is 26.0 Å². The molecule has 0 bridgehead atoms. The average Bonchev–Trinajstić information content (AvgIpc) is 2.86. The molecule has 1 aliphatic heterocycles. The molecule has 2 N–H and O–H groups in total. The first-order valence-electron chi connectivity index (χ1n) is 11.5. The van der Waals surface area contributed by atoms with Gasteiger partial charge in [0.15, 0.2) is 0 Å². The van der Waals surface area contributed by atoms with Gasteiger partial charge in [0.1, 0.15) is 17.5 Å². The highest BCUT2D eigenvalue weighted by molar-refractivity contribution is 6.00. The van der Waals surface area contributed by atoms with Gasteiger partial charge in [-0.2, -0.15) is 0 Å². The minimum absolute atomic E-state index is 0.0820. The molecule has 1 aliphatic rings. The highest BCUT2D eigenvalue weighted by atomic mass is 16.5. The summed E-state index contributed by atoms with van der Waals surface area (Å²) < 4.78 is 10.6. The number of nitrogens with zero attached hydrogens (tertiary/aromatic N) is 1. The predicted octanol–water partition coefficient (Wildman–Crippen LogP) is 3.34. The monoisotopic (exact) mass is 467 g/mol. The van der Waals surface area contributed by atoms with Crippen LogP contribution < -0.4 is 20.1 Å². The minimum Gasteiger partial charge on any atom is -0.496 e. The highest BCUT2D eigenvalue weighted by Gasteiger charge is 2.33. The van der Waals surface area contributed by atoms with Crippen molar-refractivity contribution in [1.29, 1.82) is 0 Å². The van der Waals surface area contributed by atoms with Crippen molar-refractivity contribution in [3.8, 4) is 11.5 Å². The molecule has 0 radical (unpaired) electrons. The normalized spacial score (nSPS) is 14.9. The van der Waals surface area contributed by atoms with E-state index in [0.717, 1.165) is 0 Å². The number of piperidine rings is 1. The zero-order chi connectivity index (χ0) is 24.7. The lowest BCUT2D eigenvalue weighted by Crippen LogP contribution is -2.53. The predicted molar refractivity (Wildman–Crippen MR) is 130 cm³/mol. The molecule has 0 spiro atoms. The fourth-order valence-corrected chi connectivity index (χ4v) is 4.11. The number of para-hydroxylation sites is 3. The quantitative estimate of drug-likeness (QED) is 0.621. The van der Waals surface area contributed by atoms with Crippen LogP contribution in [0, 0.1) is 11.8 Å². The Hall–Kier alpha value is -3.55. The Morgan fingerprint density at radius 1 is 0.912 bits per heavy atom. The summed E-state index contributed by atoms with van der Waals surface area (Å²) in [5.74, 6) is 0.192. The van der Waals surface area contributed by atoms with Gasteiger partial charge in [-0.25, -0.2) is 0 Å². The second-order valence-electron chi connectivity index (χ2n) is 8.68. The van der Waals surface area contributed by atoms with Gasteiger partial charge in [-0.05, 0) is 43.0 Å². The first kappa shape index (κ1) is 25.1. The molecule has 1 fully saturated rings. The van der Waals surface area contributed by atoms with Crippen LogP contribution in [0.2, 0.25) is 0 Å². The number of benzene rings is 2. The second kappa shape index (κ2) is 11.5. The minimum atomic E-state index is -0.670. The van der Waals surface area contributed by atoms with Gasteiger partial charge in [-0.3, -0.25) is 14.4 Å². The maximum atomic E-state index is 13.3. The molecule has 1 heterocycles. The van der Waals surface area contributed by atoms with Gasteiger partial charge in [0, 0.05) is 19.0 Å². The Bertz CT molecular complexity index is 1020. The molecule has 34 heavy (non-hydrogen) atoms. The summed E-state index contributed by atoms with van der Waals surface area (Å²) in [6.07, 6.45) is 1.11. The van der Waals surface area contributed by atoms with E-state index < -0.39 is 6.04 Å². The summed E-state index contributed by atoms with van der Waals surface area (Å²) in [6.45, 7) is 4.71. The second-order valence-corrected chi connectivity index (χ2v) is 8.68. The van der Waals surface area contributed by atoms with Crippen molar-refractivity contribution in [3.05, 3.63) is 54.1 Å². The third-order valence-corrected chi connectivity index (χ3v) is 6.11. The van der Waals surface area contributed by atoms with Gasteiger partial charge in [0.2, 0.25) is 11.8 Å². The van der Waals surface area contributed by atoms with Crippen molar-refractivity contribution in [1.82, 2.24) is 10.2 Å². The Morgan fingerprint density at radius 2 is 1.50 bits per heavy atom. The Labute approximate surface area is 200 Å². The zero-order valence-electron chi connectivity index (χ0n) is 20.2. The fraction of sp³-hybridized carbons (Fsp3) is 0.423. The maximum Gasteiger partial charge on any atom is 0.255 e. The molecule has 0 aromatic heterocycles. The molecule has 8 nitrogen and oxygen atoms in total. The van der Waals surface area contributed by atoms with E-state index in [0.29, 0.717) is 48.7 Å². The largest absolute Gasteiger partial charge is 0.496 e. The van der Waals surface area contributed by atoms with Crippen LogP contribution in [-0.4, -0.2) is 56.0 Å². The molecule has 182 valence electrons. The van der Waals surface area contributed by atoms with Crippen LogP contribution in [0.3, 0.4) is 0 Å². The molecular weight excluding hydrogens is 434 g/mol. The number of nitrogens with one attached hydrogen (secondary N) is 2. The van der Waals surface area contributed by atoms with Crippen LogP contribution in [0.15, 0.2) is 48.5 Å². The summed E-state index contributed by atoms with van der Waals surface area (Å²) in [6, 6.07) is 13.5. The van der Waals surface area contributed by atoms with Gasteiger partial charge in [0.25, 0.3) is 5.91 Å². The van der Waals surface area contributed by atoms with Gasteiger partial charge in [0.05, 0.1) is 25.5 Å². The van der Waals surface area contributed by atoms with E-state index in [-0.39, 0.29) is 29.6 Å². The summed E-state index contributed by atoms with van der Waals surface area (Å²) in [4.78, 5) is 40.7. The first-order valence-corrected chi connectivity index (χ1v) is 11.5. The lowest BCUT2D eigenvalue weighted by molar-refractivity contribution is -0.137. The smallest absolute Gasteiger partial charge is 0.255 e. The van der Waals surface area contributed by atoms with Gasteiger partial charge >= 0.3 is 0 Å². The molecule has 1 unspecified atom stereocenters. The third kappa shape index (κ3) is 5.87. The molecule has 0 aliphatic carbocycles. The zero-order valence-corrected chi connectivity index (χ0v) is 20.2. The van der Waals surface area contributed by atoms with Crippen LogP contribution in [0.5, 0.6) is 11.5 Å². The number of amides is 3. The number of hydrogen-bond acceptors (Lipinski definition) is 5. The van der Waals surface area contributed by atoms with Crippen molar-refractivity contribution in [2.24, 2.45) is 11.8 Å². The fourth-order valence-electron chi connectivity index (χ4n) is 4.11. The number of likely N-dealkylation sites (tertiary alicyclic amines) is 1. The number of hydrogen-bond donors (Lipinski definition) is 2. The molecule has 1 atom stereocenters. The van der Waals surface area contributed by atoms with E-state index in [1.165, 1.54) is 7.11 Å². The lowest BCUT2D eigenvalue weighted by atomic mass is 9.94. The molecular formula is C26H33N3O5. The lowest BCUT2D eigenvalue weighted by Gasteiger charge is -2.35. The van der Waals surface area contributed by atoms with Crippen molar-refractivity contribution in [3.63, 3.8) is 0 Å². The average molecular weight is 468 g/mol. The maximum absolute atomic E-state index is 13.3. The van der Waals surface area contributed by atoms with E-state index in [1.54, 1.807) is 48.4 Å². The van der Waals surface area contributed by atoms with Crippen LogP contribution in [-0.2, 0) is 9.59 Å². The summed E-state index contributed by atoms with van der Waals surface area (Å²) in [7, 11) is 3.07. The van der Waals surface area contributed by atoms with Crippen molar-refractivity contribution in [2.75, 3.05) is 32.6 Å². The van der Waals surface area contributed by atoms with E-state index >= 15 is 0 Å². The standard InChI is InChI=1S/C26H33N3O5/c1-17(2)23(28-25(31)19-9-5-7-11-21(19)33-3)26(32)29-15-13-18(14-16-29)24(30)27-20-10-6-8-12-22(20)34-4/h5-12,17-18,23H,13-16H2,1-4H3,(H,27,30)(H,28,31). The molecule has 0 saturated carbocycles. The summed E-state index contributed by atoms with van der Waals surface area (Å²) in [5.41, 5.74) is 1.02. The van der Waals surface area contributed by atoms with Crippen LogP contribution >= 0.6 is 0 Å². The number of anilines is 1. The Morgan fingerprint density at radius 3 is 2.12 bits per heavy atom. The Kier molecular flexibility index (Phi) is 8.51. The summed E-state index contributed by atoms with van der Waals surface area (Å²) >= 11 is 0. The number of ether oxygens (including phenoxy) is 2. The van der Waals surface area contributed by atoms with Crippen LogP contribution in [0.4, 0.5) is 5.69 Å².